The predicted octanol–water partition coefficient (Wildman–Crippen LogP) is 5.93. The molecule has 0 aromatic heterocycles. The number of carbonyl (C=O) groups is 1. The van der Waals surface area contributed by atoms with Crippen LogP contribution in [0.1, 0.15) is 87.0 Å². The molecule has 4 fully saturated rings. The lowest BCUT2D eigenvalue weighted by molar-refractivity contribution is -0.266. The molecule has 1 heterocycles. The van der Waals surface area contributed by atoms with Gasteiger partial charge in [0, 0.05) is 24.5 Å². The van der Waals surface area contributed by atoms with Gasteiger partial charge in [-0.2, -0.15) is 0 Å². The highest BCUT2D eigenvalue weighted by Gasteiger charge is 2.71. The summed E-state index contributed by atoms with van der Waals surface area (Å²) in [4.78, 5) is 13.2. The Kier molecular flexibility index (Phi) is 7.43. The van der Waals surface area contributed by atoms with Gasteiger partial charge in [0.15, 0.2) is 0 Å². The first kappa shape index (κ1) is 29.5. The van der Waals surface area contributed by atoms with Crippen molar-refractivity contribution in [3.8, 4) is 0 Å². The summed E-state index contributed by atoms with van der Waals surface area (Å²) in [6.07, 6.45) is 8.49. The Bertz CT molecular complexity index is 997. The lowest BCUT2D eigenvalue weighted by Crippen LogP contribution is -2.70. The van der Waals surface area contributed by atoms with Gasteiger partial charge in [0.1, 0.15) is 0 Å². The summed E-state index contributed by atoms with van der Waals surface area (Å²) in [5.74, 6) is 0.667. The molecule has 4 aliphatic carbocycles. The van der Waals surface area contributed by atoms with Gasteiger partial charge in [-0.1, -0.05) is 60.1 Å². The molecule has 0 aromatic carbocycles. The first-order chi connectivity index (χ1) is 18.3. The van der Waals surface area contributed by atoms with Gasteiger partial charge in [-0.05, 0) is 78.4 Å². The van der Waals surface area contributed by atoms with E-state index in [0.717, 1.165) is 45.1 Å². The first-order valence-corrected chi connectivity index (χ1v) is 15.6. The smallest absolute Gasteiger partial charge is 0.307 e. The average Bonchev–Trinajstić information content (AvgIpc) is 2.87. The van der Waals surface area contributed by atoms with E-state index in [9.17, 15) is 9.90 Å². The monoisotopic (exact) mass is 545 g/mol. The van der Waals surface area contributed by atoms with Crippen LogP contribution in [-0.4, -0.2) is 56.8 Å². The molecule has 5 aliphatic rings. The van der Waals surface area contributed by atoms with Crippen molar-refractivity contribution >= 4 is 5.97 Å². The van der Waals surface area contributed by atoms with Gasteiger partial charge >= 0.3 is 5.97 Å². The number of rotatable bonds is 7. The number of aliphatic carboxylic acids is 1. The fourth-order valence-electron chi connectivity index (χ4n) is 11.3. The quantitative estimate of drug-likeness (QED) is 0.385. The van der Waals surface area contributed by atoms with Crippen molar-refractivity contribution in [3.63, 3.8) is 0 Å². The third kappa shape index (κ3) is 3.83. The fourth-order valence-corrected chi connectivity index (χ4v) is 11.3. The topological polar surface area (TPSA) is 91.0 Å². The number of hydrogen-bond donors (Lipinski definition) is 2. The maximum absolute atomic E-state index is 13.2. The maximum Gasteiger partial charge on any atom is 0.307 e. The third-order valence-corrected chi connectivity index (χ3v) is 13.8. The highest BCUT2D eigenvalue weighted by atomic mass is 16.5. The van der Waals surface area contributed by atoms with Gasteiger partial charge in [0.2, 0.25) is 0 Å². The number of methoxy groups -OCH3 is 1. The minimum atomic E-state index is -0.604. The number of fused-ring (bicyclic) bond motifs is 3. The largest absolute Gasteiger partial charge is 0.481 e. The van der Waals surface area contributed by atoms with E-state index >= 15 is 0 Å². The Hall–Kier alpha value is -0.950. The van der Waals surface area contributed by atoms with Crippen LogP contribution in [0, 0.1) is 56.7 Å². The maximum atomic E-state index is 13.2. The molecule has 11 atom stereocenters. The summed E-state index contributed by atoms with van der Waals surface area (Å²) in [6.45, 7) is 18.7. The molecule has 1 saturated heterocycles. The normalized spacial score (nSPS) is 49.9. The summed E-state index contributed by atoms with van der Waals surface area (Å²) < 4.78 is 19.1. The lowest BCUT2D eigenvalue weighted by atomic mass is 9.34. The Labute approximate surface area is 236 Å². The van der Waals surface area contributed by atoms with Crippen molar-refractivity contribution in [2.45, 2.75) is 99.2 Å². The molecule has 0 spiro atoms. The Morgan fingerprint density at radius 3 is 2.46 bits per heavy atom. The SMILES string of the molecule is CO[C@@H]1C[C@@]23COC[C@](C)([C@@H]2CC[C@H]2C3=CC[C@@]3(C)[C@H](C(=O)O)[C@@](C)([C@H](C)C(C)C)CC[C@]23C)[C@H]1OCCN. The predicted molar refractivity (Wildman–Crippen MR) is 153 cm³/mol. The van der Waals surface area contributed by atoms with E-state index in [0.29, 0.717) is 43.4 Å². The van der Waals surface area contributed by atoms with Crippen LogP contribution in [0.4, 0.5) is 0 Å². The van der Waals surface area contributed by atoms with Crippen LogP contribution in [0.15, 0.2) is 11.6 Å². The molecule has 222 valence electrons. The van der Waals surface area contributed by atoms with Crippen molar-refractivity contribution in [2.75, 3.05) is 33.5 Å². The van der Waals surface area contributed by atoms with E-state index in [1.807, 2.05) is 7.11 Å². The van der Waals surface area contributed by atoms with Crippen LogP contribution in [0.2, 0.25) is 0 Å². The third-order valence-electron chi connectivity index (χ3n) is 13.8. The van der Waals surface area contributed by atoms with Crippen LogP contribution >= 0.6 is 0 Å². The van der Waals surface area contributed by atoms with Crippen molar-refractivity contribution in [1.82, 2.24) is 0 Å². The van der Waals surface area contributed by atoms with Crippen LogP contribution in [-0.2, 0) is 19.0 Å². The highest BCUT2D eigenvalue weighted by Crippen LogP contribution is 2.74. The highest BCUT2D eigenvalue weighted by molar-refractivity contribution is 5.73. The lowest BCUT2D eigenvalue weighted by Gasteiger charge is -2.71. The molecule has 0 radical (unpaired) electrons. The Morgan fingerprint density at radius 2 is 1.85 bits per heavy atom. The number of carboxylic acid groups (broad SMARTS) is 1. The number of ether oxygens (including phenoxy) is 3. The van der Waals surface area contributed by atoms with Crippen molar-refractivity contribution in [2.24, 2.45) is 62.4 Å². The van der Waals surface area contributed by atoms with Crippen LogP contribution in [0.3, 0.4) is 0 Å². The summed E-state index contributed by atoms with van der Waals surface area (Å²) in [7, 11) is 1.82. The molecular weight excluding hydrogens is 490 g/mol. The number of hydrogen-bond acceptors (Lipinski definition) is 5. The minimum Gasteiger partial charge on any atom is -0.481 e. The zero-order chi connectivity index (χ0) is 28.6. The second kappa shape index (κ2) is 9.81. The summed E-state index contributed by atoms with van der Waals surface area (Å²) >= 11 is 0. The van der Waals surface area contributed by atoms with Gasteiger partial charge < -0.3 is 25.1 Å². The van der Waals surface area contributed by atoms with E-state index in [-0.39, 0.29) is 45.2 Å². The van der Waals surface area contributed by atoms with Crippen molar-refractivity contribution < 1.29 is 24.1 Å². The fraction of sp³-hybridized carbons (Fsp3) is 0.909. The van der Waals surface area contributed by atoms with Crippen molar-refractivity contribution in [1.29, 1.82) is 0 Å². The second-order valence-electron chi connectivity index (χ2n) is 15.4. The molecular formula is C33H55NO5. The molecule has 6 heteroatoms. The van der Waals surface area contributed by atoms with Gasteiger partial charge in [-0.25, -0.2) is 0 Å². The molecule has 3 saturated carbocycles. The number of carboxylic acids is 1. The van der Waals surface area contributed by atoms with E-state index in [2.05, 4.69) is 54.5 Å². The molecule has 6 nitrogen and oxygen atoms in total. The standard InChI is InChI=1S/C33H55NO5/c1-20(2)21(3)29(4)13-14-31(6)22-9-10-25-30(5)18-38-19-33(25,17-24(37-8)27(30)39-16-15-34)23(22)11-12-32(31,7)26(29)28(35)36/h11,20-22,24-27H,9-10,12-19,34H2,1-8H3,(H,35,36)/t21-,22+,24-,25+,26-,27+,29-,30-,31-,32+,33+/m1/s1. The van der Waals surface area contributed by atoms with Gasteiger partial charge in [-0.3, -0.25) is 4.79 Å². The van der Waals surface area contributed by atoms with E-state index < -0.39 is 5.97 Å². The molecule has 0 amide bonds. The first-order valence-electron chi connectivity index (χ1n) is 15.6. The molecule has 0 unspecified atom stereocenters. The summed E-state index contributed by atoms with van der Waals surface area (Å²) in [6, 6.07) is 0. The van der Waals surface area contributed by atoms with Crippen LogP contribution < -0.4 is 5.73 Å². The molecule has 2 bridgehead atoms. The Balaban J connectivity index is 1.59. The van der Waals surface area contributed by atoms with E-state index in [1.165, 1.54) is 0 Å². The van der Waals surface area contributed by atoms with Gasteiger partial charge in [0.25, 0.3) is 0 Å². The number of allylic oxidation sites excluding steroid dienone is 1. The van der Waals surface area contributed by atoms with Gasteiger partial charge in [-0.15, -0.1) is 0 Å². The minimum absolute atomic E-state index is 0.00391. The van der Waals surface area contributed by atoms with E-state index in [1.54, 1.807) is 5.57 Å². The van der Waals surface area contributed by atoms with Crippen LogP contribution in [0.25, 0.3) is 0 Å². The Morgan fingerprint density at radius 1 is 1.13 bits per heavy atom. The van der Waals surface area contributed by atoms with Crippen molar-refractivity contribution in [3.05, 3.63) is 11.6 Å². The zero-order valence-electron chi connectivity index (χ0n) is 25.8. The zero-order valence-corrected chi connectivity index (χ0v) is 25.8. The molecule has 39 heavy (non-hydrogen) atoms. The molecule has 1 aliphatic heterocycles. The molecule has 5 rings (SSSR count). The second-order valence-corrected chi connectivity index (χ2v) is 15.4. The summed E-state index contributed by atoms with van der Waals surface area (Å²) in [5, 5.41) is 10.9. The summed E-state index contributed by atoms with van der Waals surface area (Å²) in [5.41, 5.74) is 6.60. The van der Waals surface area contributed by atoms with Gasteiger partial charge in [0.05, 0.1) is 37.9 Å². The van der Waals surface area contributed by atoms with Crippen LogP contribution in [0.5, 0.6) is 0 Å². The molecule has 0 aromatic rings. The number of nitrogens with two attached hydrogens (primary N) is 1. The molecule has 3 N–H and O–H groups in total. The average molecular weight is 546 g/mol. The van der Waals surface area contributed by atoms with E-state index in [4.69, 9.17) is 19.9 Å².